The van der Waals surface area contributed by atoms with Crippen molar-refractivity contribution >= 4 is 17.2 Å². The highest BCUT2D eigenvalue weighted by Crippen LogP contribution is 2.21. The fraction of sp³-hybridized carbons (Fsp3) is 0.385. The van der Waals surface area contributed by atoms with Gasteiger partial charge in [-0.25, -0.2) is 4.98 Å². The van der Waals surface area contributed by atoms with Gasteiger partial charge in [0.1, 0.15) is 0 Å². The Labute approximate surface area is 110 Å². The summed E-state index contributed by atoms with van der Waals surface area (Å²) >= 11 is 1.58. The van der Waals surface area contributed by atoms with Crippen LogP contribution >= 0.6 is 11.3 Å². The minimum atomic E-state index is 0.116. The second-order valence-electron chi connectivity index (χ2n) is 4.12. The summed E-state index contributed by atoms with van der Waals surface area (Å²) in [6.07, 6.45) is 3.91. The van der Waals surface area contributed by atoms with Crippen molar-refractivity contribution in [1.82, 2.24) is 9.55 Å². The quantitative estimate of drug-likeness (QED) is 0.922. The fourth-order valence-electron chi connectivity index (χ4n) is 1.66. The standard InChI is InChI=1S/C13H17N3OS/c1-3-4-8-16-10(2)9-18-13(16)15-12-11(17)6-5-7-14-12/h5-7,9,17H,3-4,8H2,1-2H3/b15-13-. The first-order chi connectivity index (χ1) is 8.72. The van der Waals surface area contributed by atoms with Crippen molar-refractivity contribution in [3.05, 3.63) is 34.2 Å². The Bertz CT molecular complexity index is 586. The Balaban J connectivity index is 2.42. The van der Waals surface area contributed by atoms with E-state index in [0.717, 1.165) is 24.2 Å². The van der Waals surface area contributed by atoms with Crippen LogP contribution in [0.15, 0.2) is 28.7 Å². The largest absolute Gasteiger partial charge is 0.504 e. The Morgan fingerprint density at radius 3 is 3.06 bits per heavy atom. The summed E-state index contributed by atoms with van der Waals surface area (Å²) in [6, 6.07) is 3.29. The second-order valence-corrected chi connectivity index (χ2v) is 4.96. The van der Waals surface area contributed by atoms with Gasteiger partial charge in [0.05, 0.1) is 0 Å². The van der Waals surface area contributed by atoms with Crippen LogP contribution in [0.5, 0.6) is 5.75 Å². The summed E-state index contributed by atoms with van der Waals surface area (Å²) < 4.78 is 2.17. The van der Waals surface area contributed by atoms with Crippen LogP contribution in [0.4, 0.5) is 5.82 Å². The SMILES string of the molecule is CCCCn1c(C)cs/c1=N\c1ncccc1O. The summed E-state index contributed by atoms with van der Waals surface area (Å²) in [5.41, 5.74) is 1.20. The van der Waals surface area contributed by atoms with Crippen molar-refractivity contribution in [3.63, 3.8) is 0 Å². The van der Waals surface area contributed by atoms with Gasteiger partial charge < -0.3 is 9.67 Å². The van der Waals surface area contributed by atoms with Gasteiger partial charge in [-0.15, -0.1) is 11.3 Å². The molecule has 0 atom stereocenters. The predicted molar refractivity (Wildman–Crippen MR) is 73.1 cm³/mol. The molecule has 0 spiro atoms. The van der Waals surface area contributed by atoms with E-state index in [1.165, 1.54) is 5.69 Å². The highest BCUT2D eigenvalue weighted by atomic mass is 32.1. The maximum Gasteiger partial charge on any atom is 0.197 e. The molecular weight excluding hydrogens is 246 g/mol. The molecule has 0 saturated heterocycles. The van der Waals surface area contributed by atoms with Crippen molar-refractivity contribution in [1.29, 1.82) is 0 Å². The maximum atomic E-state index is 9.68. The molecule has 0 aliphatic rings. The predicted octanol–water partition coefficient (Wildman–Crippen LogP) is 2.99. The van der Waals surface area contributed by atoms with Crippen LogP contribution in [0.3, 0.4) is 0 Å². The number of rotatable bonds is 4. The number of hydrogen-bond donors (Lipinski definition) is 1. The molecule has 2 rings (SSSR count). The smallest absolute Gasteiger partial charge is 0.197 e. The third-order valence-corrected chi connectivity index (χ3v) is 3.68. The van der Waals surface area contributed by atoms with Gasteiger partial charge in [0, 0.05) is 23.8 Å². The maximum absolute atomic E-state index is 9.68. The molecule has 0 fully saturated rings. The zero-order valence-electron chi connectivity index (χ0n) is 10.6. The van der Waals surface area contributed by atoms with E-state index in [0.29, 0.717) is 5.82 Å². The van der Waals surface area contributed by atoms with E-state index in [9.17, 15) is 5.11 Å². The minimum Gasteiger partial charge on any atom is -0.504 e. The number of unbranched alkanes of at least 4 members (excludes halogenated alkanes) is 1. The number of nitrogens with zero attached hydrogens (tertiary/aromatic N) is 3. The summed E-state index contributed by atoms with van der Waals surface area (Å²) in [5.74, 6) is 0.496. The van der Waals surface area contributed by atoms with Gasteiger partial charge in [-0.1, -0.05) is 13.3 Å². The van der Waals surface area contributed by atoms with Gasteiger partial charge in [-0.05, 0) is 25.5 Å². The number of pyridine rings is 1. The molecule has 2 aromatic rings. The van der Waals surface area contributed by atoms with Crippen molar-refractivity contribution < 1.29 is 5.11 Å². The Hall–Kier alpha value is -1.62. The van der Waals surface area contributed by atoms with E-state index < -0.39 is 0 Å². The highest BCUT2D eigenvalue weighted by molar-refractivity contribution is 7.07. The first kappa shape index (κ1) is 12.8. The Kier molecular flexibility index (Phi) is 4.15. The molecule has 0 aliphatic carbocycles. The summed E-state index contributed by atoms with van der Waals surface area (Å²) in [4.78, 5) is 9.40. The van der Waals surface area contributed by atoms with Crippen LogP contribution in [0.25, 0.3) is 0 Å². The van der Waals surface area contributed by atoms with E-state index in [1.54, 1.807) is 29.7 Å². The van der Waals surface area contributed by atoms with Crippen LogP contribution in [0, 0.1) is 6.92 Å². The first-order valence-corrected chi connectivity index (χ1v) is 6.94. The van der Waals surface area contributed by atoms with Gasteiger partial charge in [0.25, 0.3) is 0 Å². The molecule has 18 heavy (non-hydrogen) atoms. The van der Waals surface area contributed by atoms with E-state index in [2.05, 4.69) is 33.8 Å². The molecule has 0 amide bonds. The lowest BCUT2D eigenvalue weighted by Gasteiger charge is -2.04. The van der Waals surface area contributed by atoms with Crippen LogP contribution in [0.1, 0.15) is 25.5 Å². The van der Waals surface area contributed by atoms with Crippen LogP contribution < -0.4 is 4.80 Å². The number of thiazole rings is 1. The van der Waals surface area contributed by atoms with Crippen molar-refractivity contribution in [3.8, 4) is 5.75 Å². The Morgan fingerprint density at radius 2 is 2.33 bits per heavy atom. The Morgan fingerprint density at radius 1 is 1.50 bits per heavy atom. The van der Waals surface area contributed by atoms with Gasteiger partial charge in [0.15, 0.2) is 16.4 Å². The molecule has 4 nitrogen and oxygen atoms in total. The van der Waals surface area contributed by atoms with Gasteiger partial charge in [0.2, 0.25) is 0 Å². The average Bonchev–Trinajstić information content (AvgIpc) is 2.71. The lowest BCUT2D eigenvalue weighted by atomic mass is 10.3. The third-order valence-electron chi connectivity index (χ3n) is 2.69. The molecule has 0 unspecified atom stereocenters. The summed E-state index contributed by atoms with van der Waals surface area (Å²) in [7, 11) is 0. The molecule has 2 heterocycles. The number of aromatic nitrogens is 2. The first-order valence-electron chi connectivity index (χ1n) is 6.06. The van der Waals surface area contributed by atoms with E-state index in [1.807, 2.05) is 0 Å². The second kappa shape index (κ2) is 5.82. The summed E-state index contributed by atoms with van der Waals surface area (Å²) in [5, 5.41) is 11.8. The number of aromatic hydroxyl groups is 1. The highest BCUT2D eigenvalue weighted by Gasteiger charge is 2.03. The molecule has 0 saturated carbocycles. The van der Waals surface area contributed by atoms with Gasteiger partial charge >= 0.3 is 0 Å². The fourth-order valence-corrected chi connectivity index (χ4v) is 2.56. The molecule has 0 aromatic carbocycles. The van der Waals surface area contributed by atoms with E-state index >= 15 is 0 Å². The molecule has 2 aromatic heterocycles. The lowest BCUT2D eigenvalue weighted by Crippen LogP contribution is -2.16. The van der Waals surface area contributed by atoms with Gasteiger partial charge in [-0.3, -0.25) is 0 Å². The summed E-state index contributed by atoms with van der Waals surface area (Å²) in [6.45, 7) is 5.20. The molecule has 0 bridgehead atoms. The molecule has 0 radical (unpaired) electrons. The van der Waals surface area contributed by atoms with E-state index in [-0.39, 0.29) is 5.75 Å². The minimum absolute atomic E-state index is 0.116. The third kappa shape index (κ3) is 2.79. The van der Waals surface area contributed by atoms with Crippen LogP contribution in [-0.4, -0.2) is 14.7 Å². The van der Waals surface area contributed by atoms with Crippen molar-refractivity contribution in [2.45, 2.75) is 33.2 Å². The molecule has 1 N–H and O–H groups in total. The van der Waals surface area contributed by atoms with Crippen molar-refractivity contribution in [2.75, 3.05) is 0 Å². The van der Waals surface area contributed by atoms with E-state index in [4.69, 9.17) is 0 Å². The van der Waals surface area contributed by atoms with Crippen molar-refractivity contribution in [2.24, 2.45) is 4.99 Å². The lowest BCUT2D eigenvalue weighted by molar-refractivity contribution is 0.474. The normalized spacial score (nSPS) is 12.0. The van der Waals surface area contributed by atoms with Crippen LogP contribution in [0.2, 0.25) is 0 Å². The zero-order chi connectivity index (χ0) is 13.0. The van der Waals surface area contributed by atoms with Gasteiger partial charge in [-0.2, -0.15) is 4.99 Å². The number of hydrogen-bond acceptors (Lipinski definition) is 4. The molecular formula is C13H17N3OS. The average molecular weight is 263 g/mol. The monoisotopic (exact) mass is 263 g/mol. The molecule has 0 aliphatic heterocycles. The molecule has 5 heteroatoms. The zero-order valence-corrected chi connectivity index (χ0v) is 11.4. The topological polar surface area (TPSA) is 50.4 Å². The number of aryl methyl sites for hydroxylation is 1. The molecule has 96 valence electrons. The van der Waals surface area contributed by atoms with Crippen LogP contribution in [-0.2, 0) is 6.54 Å².